The number of nitrogens with zero attached hydrogens (tertiary/aromatic N) is 3. The van der Waals surface area contributed by atoms with Crippen LogP contribution < -0.4 is 22.2 Å². The molecule has 8 heteroatoms. The quantitative estimate of drug-likeness (QED) is 0.294. The normalized spacial score (nSPS) is 15.5. The van der Waals surface area contributed by atoms with Crippen LogP contribution in [0.15, 0.2) is 59.8 Å². The maximum Gasteiger partial charge on any atom is 0.251 e. The summed E-state index contributed by atoms with van der Waals surface area (Å²) in [5.41, 5.74) is 19.0. The van der Waals surface area contributed by atoms with E-state index in [9.17, 15) is 4.79 Å². The minimum absolute atomic E-state index is 0.0258. The van der Waals surface area contributed by atoms with Gasteiger partial charge in [-0.25, -0.2) is 9.97 Å². The summed E-state index contributed by atoms with van der Waals surface area (Å²) in [7, 11) is 1.63. The summed E-state index contributed by atoms with van der Waals surface area (Å²) in [6.07, 6.45) is 3.43. The number of benzene rings is 2. The van der Waals surface area contributed by atoms with E-state index in [1.807, 2.05) is 24.3 Å². The maximum atomic E-state index is 12.9. The van der Waals surface area contributed by atoms with Crippen molar-refractivity contribution in [3.05, 3.63) is 77.1 Å². The van der Waals surface area contributed by atoms with Crippen LogP contribution in [0, 0.1) is 0 Å². The van der Waals surface area contributed by atoms with Crippen LogP contribution in [0.1, 0.15) is 39.6 Å². The topological polar surface area (TPSA) is 131 Å². The lowest BCUT2D eigenvalue weighted by molar-refractivity contribution is 0.0937. The largest absolute Gasteiger partial charge is 0.382 e. The number of anilines is 1. The van der Waals surface area contributed by atoms with Crippen LogP contribution in [0.2, 0.25) is 0 Å². The summed E-state index contributed by atoms with van der Waals surface area (Å²) < 4.78 is 0. The van der Waals surface area contributed by atoms with Crippen molar-refractivity contribution in [3.63, 3.8) is 0 Å². The molecule has 1 aliphatic carbocycles. The molecule has 0 spiro atoms. The van der Waals surface area contributed by atoms with E-state index in [0.717, 1.165) is 18.4 Å². The molecule has 0 saturated heterocycles. The number of fused-ring (bicyclic) bond motifs is 1. The monoisotopic (exact) mass is 401 g/mol. The van der Waals surface area contributed by atoms with Crippen LogP contribution in [0.3, 0.4) is 0 Å². The fraction of sp³-hybridized carbons (Fsp3) is 0.182. The first kappa shape index (κ1) is 19.4. The van der Waals surface area contributed by atoms with Crippen LogP contribution in [-0.2, 0) is 6.42 Å². The lowest BCUT2D eigenvalue weighted by Crippen LogP contribution is -2.27. The first-order valence-corrected chi connectivity index (χ1v) is 9.68. The Balaban J connectivity index is 1.58. The Morgan fingerprint density at radius 3 is 2.87 bits per heavy atom. The predicted octanol–water partition coefficient (Wildman–Crippen LogP) is 1.98. The van der Waals surface area contributed by atoms with Gasteiger partial charge in [0.25, 0.3) is 5.91 Å². The van der Waals surface area contributed by atoms with Crippen molar-refractivity contribution in [2.45, 2.75) is 18.9 Å². The van der Waals surface area contributed by atoms with E-state index in [1.54, 1.807) is 25.4 Å². The van der Waals surface area contributed by atoms with Gasteiger partial charge in [-0.05, 0) is 36.1 Å². The zero-order valence-electron chi connectivity index (χ0n) is 16.6. The summed E-state index contributed by atoms with van der Waals surface area (Å²) >= 11 is 0. The minimum atomic E-state index is -0.126. The van der Waals surface area contributed by atoms with Gasteiger partial charge in [0.05, 0.1) is 17.9 Å². The highest BCUT2D eigenvalue weighted by Gasteiger charge is 2.24. The lowest BCUT2D eigenvalue weighted by Gasteiger charge is -2.14. The van der Waals surface area contributed by atoms with Crippen LogP contribution in [0.4, 0.5) is 5.82 Å². The highest BCUT2D eigenvalue weighted by Crippen LogP contribution is 2.31. The Bertz CT molecular complexity index is 1130. The summed E-state index contributed by atoms with van der Waals surface area (Å²) in [6, 6.07) is 15.5. The molecule has 3 aromatic rings. The van der Waals surface area contributed by atoms with Crippen LogP contribution in [0.5, 0.6) is 0 Å². The molecule has 1 aliphatic rings. The van der Waals surface area contributed by atoms with E-state index in [2.05, 4.69) is 37.9 Å². The number of amidine groups is 1. The minimum Gasteiger partial charge on any atom is -0.382 e. The Hall–Kier alpha value is -3.94. The number of carbonyl (C=O) groups excluding carboxylic acids is 1. The van der Waals surface area contributed by atoms with E-state index in [1.165, 1.54) is 11.1 Å². The van der Waals surface area contributed by atoms with Gasteiger partial charge in [0.15, 0.2) is 11.7 Å². The number of amides is 1. The smallest absolute Gasteiger partial charge is 0.251 e. The summed E-state index contributed by atoms with van der Waals surface area (Å²) in [6.45, 7) is 0. The van der Waals surface area contributed by atoms with Gasteiger partial charge in [-0.2, -0.15) is 5.10 Å². The van der Waals surface area contributed by atoms with Gasteiger partial charge in [-0.3, -0.25) is 4.79 Å². The Morgan fingerprint density at radius 1 is 1.20 bits per heavy atom. The standard InChI is InChI=1S/C22H23N7O/c1-25-29-21(24)19-20(23)26-12-18(27-19)14-6-4-7-15(11-14)22(30)28-17-10-9-13-5-2-3-8-16(13)17/h2-8,11-12,17,25H,9-10H2,1H3,(H2,23,26)(H2,24,29)(H,28,30)/t17-/m0/s1. The molecule has 0 unspecified atom stereocenters. The van der Waals surface area contributed by atoms with Crippen LogP contribution in [0.25, 0.3) is 11.3 Å². The van der Waals surface area contributed by atoms with Crippen molar-refractivity contribution < 1.29 is 4.79 Å². The molecular weight excluding hydrogens is 378 g/mol. The van der Waals surface area contributed by atoms with Crippen molar-refractivity contribution in [2.75, 3.05) is 12.8 Å². The third kappa shape index (κ3) is 3.80. The number of hydrogen-bond acceptors (Lipinski definition) is 6. The molecule has 1 heterocycles. The number of nitrogen functional groups attached to an aromatic ring is 1. The fourth-order valence-electron chi connectivity index (χ4n) is 3.67. The second-order valence-electron chi connectivity index (χ2n) is 7.05. The first-order valence-electron chi connectivity index (χ1n) is 9.68. The van der Waals surface area contributed by atoms with Gasteiger partial charge in [-0.1, -0.05) is 36.4 Å². The molecule has 1 aromatic heterocycles. The molecule has 0 fully saturated rings. The van der Waals surface area contributed by atoms with Gasteiger partial charge in [0.2, 0.25) is 0 Å². The second-order valence-corrected chi connectivity index (χ2v) is 7.05. The molecular formula is C22H23N7O. The molecule has 4 rings (SSSR count). The van der Waals surface area contributed by atoms with E-state index in [4.69, 9.17) is 11.5 Å². The molecule has 1 atom stereocenters. The third-order valence-electron chi connectivity index (χ3n) is 5.13. The van der Waals surface area contributed by atoms with Crippen molar-refractivity contribution in [2.24, 2.45) is 10.8 Å². The SMILES string of the molecule is CN/N=C(\N)c1nc(-c2cccc(C(=O)N[C@H]3CCc4ccccc43)c2)cnc1N. The van der Waals surface area contributed by atoms with Crippen LogP contribution >= 0.6 is 0 Å². The van der Waals surface area contributed by atoms with Gasteiger partial charge < -0.3 is 22.2 Å². The highest BCUT2D eigenvalue weighted by atomic mass is 16.1. The predicted molar refractivity (Wildman–Crippen MR) is 117 cm³/mol. The number of hydrazone groups is 1. The number of aromatic nitrogens is 2. The van der Waals surface area contributed by atoms with E-state index >= 15 is 0 Å². The summed E-state index contributed by atoms with van der Waals surface area (Å²) in [4.78, 5) is 21.5. The second kappa shape index (κ2) is 8.20. The fourth-order valence-corrected chi connectivity index (χ4v) is 3.67. The van der Waals surface area contributed by atoms with Gasteiger partial charge in [0, 0.05) is 18.2 Å². The molecule has 6 N–H and O–H groups in total. The van der Waals surface area contributed by atoms with Crippen molar-refractivity contribution >= 4 is 17.6 Å². The van der Waals surface area contributed by atoms with Crippen molar-refractivity contribution in [1.29, 1.82) is 0 Å². The number of nitrogens with one attached hydrogen (secondary N) is 2. The van der Waals surface area contributed by atoms with Gasteiger partial charge >= 0.3 is 0 Å². The van der Waals surface area contributed by atoms with E-state index in [0.29, 0.717) is 17.0 Å². The molecule has 8 nitrogen and oxygen atoms in total. The molecule has 0 bridgehead atoms. The highest BCUT2D eigenvalue weighted by molar-refractivity contribution is 6.00. The average Bonchev–Trinajstić information content (AvgIpc) is 3.17. The Morgan fingerprint density at radius 2 is 2.03 bits per heavy atom. The number of carbonyl (C=O) groups is 1. The Kier molecular flexibility index (Phi) is 5.30. The number of rotatable bonds is 5. The molecule has 0 radical (unpaired) electrons. The maximum absolute atomic E-state index is 12.9. The molecule has 0 aliphatic heterocycles. The first-order chi connectivity index (χ1) is 14.6. The third-order valence-corrected chi connectivity index (χ3v) is 5.13. The number of aryl methyl sites for hydroxylation is 1. The molecule has 0 saturated carbocycles. The van der Waals surface area contributed by atoms with E-state index < -0.39 is 0 Å². The molecule has 152 valence electrons. The average molecular weight is 401 g/mol. The molecule has 1 amide bonds. The zero-order valence-corrected chi connectivity index (χ0v) is 16.6. The molecule has 30 heavy (non-hydrogen) atoms. The summed E-state index contributed by atoms with van der Waals surface area (Å²) in [5.74, 6) is 0.195. The lowest BCUT2D eigenvalue weighted by atomic mass is 10.1. The van der Waals surface area contributed by atoms with Gasteiger partial charge in [-0.15, -0.1) is 0 Å². The van der Waals surface area contributed by atoms with Gasteiger partial charge in [0.1, 0.15) is 5.69 Å². The van der Waals surface area contributed by atoms with Crippen LogP contribution in [-0.4, -0.2) is 28.8 Å². The number of nitrogens with two attached hydrogens (primary N) is 2. The molecule has 2 aromatic carbocycles. The zero-order chi connectivity index (χ0) is 21.1. The van der Waals surface area contributed by atoms with Crippen molar-refractivity contribution in [3.8, 4) is 11.3 Å². The Labute approximate surface area is 174 Å². The number of hydrogen-bond donors (Lipinski definition) is 4. The van der Waals surface area contributed by atoms with E-state index in [-0.39, 0.29) is 23.6 Å². The van der Waals surface area contributed by atoms with Crippen molar-refractivity contribution in [1.82, 2.24) is 20.7 Å². The summed E-state index contributed by atoms with van der Waals surface area (Å²) in [5, 5.41) is 7.05.